The summed E-state index contributed by atoms with van der Waals surface area (Å²) >= 11 is 0. The van der Waals surface area contributed by atoms with Crippen LogP contribution in [0, 0.1) is 0 Å². The van der Waals surface area contributed by atoms with Gasteiger partial charge in [-0.2, -0.15) is 0 Å². The first kappa shape index (κ1) is 12.2. The summed E-state index contributed by atoms with van der Waals surface area (Å²) in [5, 5.41) is -2.07. The van der Waals surface area contributed by atoms with Gasteiger partial charge >= 0.3 is 0 Å². The molecule has 0 unspecified atom stereocenters. The molecule has 7 aromatic carbocycles. The van der Waals surface area contributed by atoms with Gasteiger partial charge in [0.2, 0.25) is 0 Å². The highest BCUT2D eigenvalue weighted by atomic mass is 16.3. The van der Waals surface area contributed by atoms with Crippen molar-refractivity contribution in [2.75, 3.05) is 0 Å². The normalized spacial score (nSPS) is 19.2. The second kappa shape index (κ2) is 11.4. The Labute approximate surface area is 325 Å². The van der Waals surface area contributed by atoms with E-state index in [0.717, 1.165) is 0 Å². The number of aromatic nitrogens is 3. The minimum atomic E-state index is -0.961. The number of nitrogens with zero attached hydrogens (tertiary/aromatic N) is 3. The highest BCUT2D eigenvalue weighted by Crippen LogP contribution is 2.43. The fourth-order valence-corrected chi connectivity index (χ4v) is 5.28. The fraction of sp³-hybridized carbons (Fsp3) is 0. The molecule has 50 heavy (non-hydrogen) atoms. The van der Waals surface area contributed by atoms with Crippen LogP contribution in [0.2, 0.25) is 0 Å². The van der Waals surface area contributed by atoms with Crippen molar-refractivity contribution < 1.29 is 45.8 Å². The molecule has 0 fully saturated rings. The summed E-state index contributed by atoms with van der Waals surface area (Å²) in [5.74, 6) is -2.33. The smallest absolute Gasteiger partial charge is 0.164 e. The third kappa shape index (κ3) is 4.67. The van der Waals surface area contributed by atoms with Gasteiger partial charge in [-0.15, -0.1) is 0 Å². The molecule has 3 aromatic heterocycles. The van der Waals surface area contributed by atoms with Crippen LogP contribution in [0.5, 0.6) is 0 Å². The van der Waals surface area contributed by atoms with Crippen molar-refractivity contribution in [1.82, 2.24) is 15.0 Å². The topological polar surface area (TPSA) is 65.0 Å². The highest BCUT2D eigenvalue weighted by molar-refractivity contribution is 6.17. The Balaban J connectivity index is 1.32. The van der Waals surface area contributed by atoms with Gasteiger partial charge in [0.1, 0.15) is 22.3 Å². The molecule has 0 aliphatic rings. The van der Waals surface area contributed by atoms with Gasteiger partial charge in [-0.1, -0.05) is 127 Å². The van der Waals surface area contributed by atoms with Crippen LogP contribution in [0.15, 0.2) is 172 Å². The number of hydrogen-bond acceptors (Lipinski definition) is 5. The van der Waals surface area contributed by atoms with E-state index in [1.165, 1.54) is 0 Å². The van der Waals surface area contributed by atoms with Crippen LogP contribution in [0.25, 0.3) is 100 Å². The van der Waals surface area contributed by atoms with Gasteiger partial charge in [0.05, 0.1) is 37.0 Å². The van der Waals surface area contributed by atoms with Crippen LogP contribution in [0.1, 0.15) is 37.0 Å². The van der Waals surface area contributed by atoms with Gasteiger partial charge in [-0.25, -0.2) is 15.0 Å². The highest BCUT2D eigenvalue weighted by Gasteiger charge is 2.19. The third-order valence-electron chi connectivity index (χ3n) is 7.44. The summed E-state index contributed by atoms with van der Waals surface area (Å²) < 4.78 is 248. The Morgan fingerprint density at radius 1 is 0.360 bits per heavy atom. The predicted octanol–water partition coefficient (Wildman–Crippen LogP) is 12.0. The standard InChI is InChI=1S/C45H27N3O2/c1-4-12-28(13-5-1)33-23-24-34(42-41(33)36-18-10-11-19-38(36)50-42)31-21-25-39-37(26-31)35-22-20-32(27-40(35)49-39)45-47-43(29-14-6-2-7-15-29)46-44(48-45)30-16-8-3-9-17-30/h1-27H/i1D,2D,3D,4D,5D,6D,7D,8D,9D,10D,11D,12D,13D,14D,15D,16D,17D,18D,19D,20D,21D,22D,23D,24D,25D,26D,27D. The third-order valence-corrected chi connectivity index (χ3v) is 7.44. The van der Waals surface area contributed by atoms with Crippen LogP contribution in [0.3, 0.4) is 0 Å². The van der Waals surface area contributed by atoms with E-state index in [4.69, 9.17) is 34.9 Å². The summed E-state index contributed by atoms with van der Waals surface area (Å²) in [5.41, 5.74) is -7.37. The van der Waals surface area contributed by atoms with Crippen molar-refractivity contribution in [2.24, 2.45) is 0 Å². The summed E-state index contributed by atoms with van der Waals surface area (Å²) in [6, 6.07) is -23.3. The zero-order valence-electron chi connectivity index (χ0n) is 51.7. The molecule has 0 spiro atoms. The molecule has 0 atom stereocenters. The van der Waals surface area contributed by atoms with Crippen molar-refractivity contribution >= 4 is 43.9 Å². The minimum absolute atomic E-state index is 0.483. The second-order valence-corrected chi connectivity index (χ2v) is 10.3. The number of para-hydroxylation sites is 1. The molecule has 10 aromatic rings. The molecule has 234 valence electrons. The van der Waals surface area contributed by atoms with Gasteiger partial charge in [-0.3, -0.25) is 0 Å². The first-order valence-corrected chi connectivity index (χ1v) is 14.4. The molecular formula is C45H27N3O2. The summed E-state index contributed by atoms with van der Waals surface area (Å²) in [6.07, 6.45) is 0. The number of furan rings is 2. The molecule has 0 bridgehead atoms. The second-order valence-electron chi connectivity index (χ2n) is 10.3. The van der Waals surface area contributed by atoms with Gasteiger partial charge in [-0.05, 0) is 52.9 Å². The summed E-state index contributed by atoms with van der Waals surface area (Å²) in [7, 11) is 0. The van der Waals surface area contributed by atoms with E-state index in [0.29, 0.717) is 0 Å². The Hall–Kier alpha value is -6.85. The fourth-order valence-electron chi connectivity index (χ4n) is 5.28. The van der Waals surface area contributed by atoms with Crippen LogP contribution in [-0.4, -0.2) is 15.0 Å². The molecule has 0 N–H and O–H groups in total. The molecule has 0 radical (unpaired) electrons. The lowest BCUT2D eigenvalue weighted by Gasteiger charge is -2.09. The predicted molar refractivity (Wildman–Crippen MR) is 202 cm³/mol. The average Bonchev–Trinajstić information content (AvgIpc) is 4.02. The van der Waals surface area contributed by atoms with Crippen molar-refractivity contribution in [1.29, 1.82) is 0 Å². The molecule has 5 heteroatoms. The quantitative estimate of drug-likeness (QED) is 0.183. The molecular weight excluding hydrogens is 615 g/mol. The lowest BCUT2D eigenvalue weighted by atomic mass is 9.94. The van der Waals surface area contributed by atoms with E-state index in [1.54, 1.807) is 0 Å². The monoisotopic (exact) mass is 668 g/mol. The van der Waals surface area contributed by atoms with Crippen LogP contribution >= 0.6 is 0 Å². The van der Waals surface area contributed by atoms with Crippen LogP contribution in [0.4, 0.5) is 0 Å². The van der Waals surface area contributed by atoms with Crippen molar-refractivity contribution in [3.8, 4) is 56.4 Å². The lowest BCUT2D eigenvalue weighted by molar-refractivity contribution is 0.668. The van der Waals surface area contributed by atoms with Gasteiger partial charge in [0.25, 0.3) is 0 Å². The van der Waals surface area contributed by atoms with Crippen LogP contribution in [-0.2, 0) is 0 Å². The number of fused-ring (bicyclic) bond motifs is 6. The van der Waals surface area contributed by atoms with Crippen molar-refractivity contribution in [2.45, 2.75) is 0 Å². The van der Waals surface area contributed by atoms with Crippen LogP contribution < -0.4 is 0 Å². The van der Waals surface area contributed by atoms with E-state index >= 15 is 0 Å². The molecule has 0 aliphatic heterocycles. The summed E-state index contributed by atoms with van der Waals surface area (Å²) in [6.45, 7) is 0. The van der Waals surface area contributed by atoms with E-state index in [-0.39, 0.29) is 0 Å². The number of rotatable bonds is 5. The zero-order valence-corrected chi connectivity index (χ0v) is 24.7. The van der Waals surface area contributed by atoms with Gasteiger partial charge < -0.3 is 8.83 Å². The molecule has 0 saturated carbocycles. The van der Waals surface area contributed by atoms with E-state index in [9.17, 15) is 11.0 Å². The van der Waals surface area contributed by atoms with E-state index in [2.05, 4.69) is 15.0 Å². The molecule has 0 aliphatic carbocycles. The maximum absolute atomic E-state index is 9.68. The van der Waals surface area contributed by atoms with Gasteiger partial charge in [0, 0.05) is 43.8 Å². The van der Waals surface area contributed by atoms with E-state index in [1.807, 2.05) is 0 Å². The average molecular weight is 669 g/mol. The maximum Gasteiger partial charge on any atom is 0.164 e. The van der Waals surface area contributed by atoms with Gasteiger partial charge in [0.15, 0.2) is 17.5 Å². The first-order chi connectivity index (χ1) is 36.0. The first-order valence-electron chi connectivity index (χ1n) is 27.9. The Bertz CT molecular complexity index is 4260. The molecule has 0 saturated heterocycles. The molecule has 3 heterocycles. The Morgan fingerprint density at radius 2 is 0.920 bits per heavy atom. The zero-order chi connectivity index (χ0) is 56.5. The number of hydrogen-bond donors (Lipinski definition) is 0. The number of benzene rings is 7. The summed E-state index contributed by atoms with van der Waals surface area (Å²) in [4.78, 5) is 12.7. The molecule has 5 nitrogen and oxygen atoms in total. The van der Waals surface area contributed by atoms with Crippen molar-refractivity contribution in [3.63, 3.8) is 0 Å². The molecule has 0 amide bonds. The minimum Gasteiger partial charge on any atom is -0.456 e. The van der Waals surface area contributed by atoms with Crippen molar-refractivity contribution in [3.05, 3.63) is 163 Å². The van der Waals surface area contributed by atoms with E-state index < -0.39 is 263 Å². The Kier molecular flexibility index (Phi) is 2.79. The SMILES string of the molecule is [2H]c1c([2H])c([2H])c(-c2nc(-c3c([2H])c([2H])c([2H])c([2H])c3[2H])nc(-c3c([2H])c([2H])c4c(oc5c([2H])c([2H])c(-c6c([2H])c([2H])c(-c7c([2H])c([2H])c([2H])c([2H])c7[2H])c7c6oc6c([2H])c([2H])c([2H])c([2H])c67)c([2H])c54)c3[2H])n2)c([2H])c1[2H]. The Morgan fingerprint density at radius 3 is 1.62 bits per heavy atom. The largest absolute Gasteiger partial charge is 0.456 e. The molecule has 10 rings (SSSR count). The maximum atomic E-state index is 9.68. The lowest BCUT2D eigenvalue weighted by Crippen LogP contribution is -2.00.